The van der Waals surface area contributed by atoms with Crippen LogP contribution in [0.1, 0.15) is 58.3 Å². The Kier molecular flexibility index (Phi) is 4.87. The van der Waals surface area contributed by atoms with Crippen molar-refractivity contribution >= 4 is 0 Å². The first kappa shape index (κ1) is 13.4. The Balaban J connectivity index is 1.82. The second-order valence-electron chi connectivity index (χ2n) is 6.36. The fourth-order valence-electron chi connectivity index (χ4n) is 3.45. The zero-order valence-electron chi connectivity index (χ0n) is 11.6. The lowest BCUT2D eigenvalue weighted by Gasteiger charge is -2.40. The minimum atomic E-state index is 0.157. The van der Waals surface area contributed by atoms with Crippen LogP contribution in [-0.4, -0.2) is 25.8 Å². The van der Waals surface area contributed by atoms with E-state index in [9.17, 15) is 0 Å². The smallest absolute Gasteiger partial charge is 0.0806 e. The predicted molar refractivity (Wildman–Crippen MR) is 72.2 cm³/mol. The summed E-state index contributed by atoms with van der Waals surface area (Å²) in [5.74, 6) is 1.75. The van der Waals surface area contributed by atoms with Gasteiger partial charge in [-0.1, -0.05) is 19.8 Å². The highest BCUT2D eigenvalue weighted by molar-refractivity contribution is 4.88. The summed E-state index contributed by atoms with van der Waals surface area (Å²) in [5.41, 5.74) is 0.157. The van der Waals surface area contributed by atoms with Crippen molar-refractivity contribution in [2.75, 3.05) is 20.2 Å². The number of rotatable bonds is 5. The number of hydrogen-bond acceptors (Lipinski definition) is 2. The molecule has 2 saturated carbocycles. The van der Waals surface area contributed by atoms with Crippen molar-refractivity contribution in [3.8, 4) is 0 Å². The summed E-state index contributed by atoms with van der Waals surface area (Å²) >= 11 is 0. The van der Waals surface area contributed by atoms with Crippen LogP contribution in [0.25, 0.3) is 0 Å². The summed E-state index contributed by atoms with van der Waals surface area (Å²) in [5, 5.41) is 3.34. The number of ether oxygens (including phenoxy) is 1. The molecule has 2 aliphatic carbocycles. The number of likely N-dealkylation sites (N-methyl/N-ethyl adjacent to an activating group) is 1. The molecule has 0 atom stereocenters. The van der Waals surface area contributed by atoms with Gasteiger partial charge in [0, 0.05) is 6.54 Å². The highest BCUT2D eigenvalue weighted by Crippen LogP contribution is 2.36. The SMILES string of the molecule is CNCC1(OCC2CCCC2)CCC(C)CC1. The highest BCUT2D eigenvalue weighted by atomic mass is 16.5. The predicted octanol–water partition coefficient (Wildman–Crippen LogP) is 3.36. The molecular formula is C15H29NO. The first-order valence-corrected chi connectivity index (χ1v) is 7.53. The van der Waals surface area contributed by atoms with Crippen LogP contribution in [-0.2, 0) is 4.74 Å². The minimum absolute atomic E-state index is 0.157. The van der Waals surface area contributed by atoms with E-state index in [0.29, 0.717) is 0 Å². The summed E-state index contributed by atoms with van der Waals surface area (Å²) in [6.45, 7) is 4.42. The normalized spacial score (nSPS) is 35.3. The van der Waals surface area contributed by atoms with Crippen LogP contribution in [0.2, 0.25) is 0 Å². The van der Waals surface area contributed by atoms with E-state index >= 15 is 0 Å². The summed E-state index contributed by atoms with van der Waals surface area (Å²) in [4.78, 5) is 0. The fourth-order valence-corrected chi connectivity index (χ4v) is 3.45. The first-order chi connectivity index (χ1) is 8.24. The fraction of sp³-hybridized carbons (Fsp3) is 1.00. The monoisotopic (exact) mass is 239 g/mol. The Hall–Kier alpha value is -0.0800. The van der Waals surface area contributed by atoms with Gasteiger partial charge in [0.2, 0.25) is 0 Å². The molecule has 0 aliphatic heterocycles. The van der Waals surface area contributed by atoms with Gasteiger partial charge in [0.1, 0.15) is 0 Å². The molecule has 2 heteroatoms. The van der Waals surface area contributed by atoms with Gasteiger partial charge in [0.05, 0.1) is 12.2 Å². The van der Waals surface area contributed by atoms with Gasteiger partial charge in [-0.25, -0.2) is 0 Å². The van der Waals surface area contributed by atoms with Crippen LogP contribution in [0.15, 0.2) is 0 Å². The van der Waals surface area contributed by atoms with Gasteiger partial charge in [0.15, 0.2) is 0 Å². The first-order valence-electron chi connectivity index (χ1n) is 7.53. The van der Waals surface area contributed by atoms with E-state index in [1.165, 1.54) is 51.4 Å². The van der Waals surface area contributed by atoms with Crippen molar-refractivity contribution in [1.82, 2.24) is 5.32 Å². The Morgan fingerprint density at radius 3 is 2.35 bits per heavy atom. The summed E-state index contributed by atoms with van der Waals surface area (Å²) < 4.78 is 6.38. The van der Waals surface area contributed by atoms with E-state index in [1.54, 1.807) is 0 Å². The molecule has 17 heavy (non-hydrogen) atoms. The van der Waals surface area contributed by atoms with Crippen LogP contribution in [0.4, 0.5) is 0 Å². The maximum Gasteiger partial charge on any atom is 0.0806 e. The second-order valence-corrected chi connectivity index (χ2v) is 6.36. The largest absolute Gasteiger partial charge is 0.373 e. The molecule has 0 radical (unpaired) electrons. The zero-order valence-corrected chi connectivity index (χ0v) is 11.6. The molecule has 0 saturated heterocycles. The lowest BCUT2D eigenvalue weighted by Crippen LogP contribution is -2.45. The molecule has 0 bridgehead atoms. The average Bonchev–Trinajstić information content (AvgIpc) is 2.84. The van der Waals surface area contributed by atoms with Crippen molar-refractivity contribution < 1.29 is 4.74 Å². The van der Waals surface area contributed by atoms with Gasteiger partial charge in [-0.15, -0.1) is 0 Å². The van der Waals surface area contributed by atoms with Crippen molar-refractivity contribution in [1.29, 1.82) is 0 Å². The average molecular weight is 239 g/mol. The standard InChI is InChI=1S/C15H29NO/c1-13-7-9-15(10-8-13,12-16-2)17-11-14-5-3-4-6-14/h13-14,16H,3-12H2,1-2H3. The topological polar surface area (TPSA) is 21.3 Å². The van der Waals surface area contributed by atoms with Crippen LogP contribution in [0.3, 0.4) is 0 Å². The molecule has 0 heterocycles. The molecule has 2 aliphatic rings. The molecule has 100 valence electrons. The molecule has 0 aromatic rings. The molecular weight excluding hydrogens is 210 g/mol. The van der Waals surface area contributed by atoms with Crippen LogP contribution in [0, 0.1) is 11.8 Å². The van der Waals surface area contributed by atoms with Gasteiger partial charge in [-0.2, -0.15) is 0 Å². The van der Waals surface area contributed by atoms with E-state index in [0.717, 1.165) is 25.0 Å². The van der Waals surface area contributed by atoms with Gasteiger partial charge in [-0.3, -0.25) is 0 Å². The number of hydrogen-bond donors (Lipinski definition) is 1. The van der Waals surface area contributed by atoms with Crippen molar-refractivity contribution in [3.05, 3.63) is 0 Å². The molecule has 0 aromatic heterocycles. The quantitative estimate of drug-likeness (QED) is 0.794. The third kappa shape index (κ3) is 3.69. The zero-order chi connectivity index (χ0) is 12.1. The van der Waals surface area contributed by atoms with E-state index in [1.807, 2.05) is 0 Å². The third-order valence-electron chi connectivity index (χ3n) is 4.78. The van der Waals surface area contributed by atoms with Crippen LogP contribution in [0.5, 0.6) is 0 Å². The summed E-state index contributed by atoms with van der Waals surface area (Å²) in [6.07, 6.45) is 10.8. The Morgan fingerprint density at radius 2 is 1.76 bits per heavy atom. The Morgan fingerprint density at radius 1 is 1.12 bits per heavy atom. The summed E-state index contributed by atoms with van der Waals surface area (Å²) in [6, 6.07) is 0. The van der Waals surface area contributed by atoms with E-state index in [-0.39, 0.29) is 5.60 Å². The van der Waals surface area contributed by atoms with Gasteiger partial charge >= 0.3 is 0 Å². The van der Waals surface area contributed by atoms with Gasteiger partial charge < -0.3 is 10.1 Å². The second kappa shape index (κ2) is 6.19. The Labute approximate surface area is 107 Å². The van der Waals surface area contributed by atoms with E-state index in [4.69, 9.17) is 4.74 Å². The molecule has 0 spiro atoms. The molecule has 0 unspecified atom stereocenters. The summed E-state index contributed by atoms with van der Waals surface area (Å²) in [7, 11) is 2.05. The molecule has 2 nitrogen and oxygen atoms in total. The van der Waals surface area contributed by atoms with E-state index in [2.05, 4.69) is 19.3 Å². The molecule has 0 amide bonds. The van der Waals surface area contributed by atoms with Crippen molar-refractivity contribution in [2.45, 2.75) is 63.9 Å². The third-order valence-corrected chi connectivity index (χ3v) is 4.78. The van der Waals surface area contributed by atoms with Gasteiger partial charge in [-0.05, 0) is 57.4 Å². The van der Waals surface area contributed by atoms with E-state index < -0.39 is 0 Å². The maximum absolute atomic E-state index is 6.38. The number of nitrogens with one attached hydrogen (secondary N) is 1. The molecule has 0 aromatic carbocycles. The van der Waals surface area contributed by atoms with Crippen LogP contribution < -0.4 is 5.32 Å². The van der Waals surface area contributed by atoms with Crippen molar-refractivity contribution in [2.24, 2.45) is 11.8 Å². The van der Waals surface area contributed by atoms with Crippen molar-refractivity contribution in [3.63, 3.8) is 0 Å². The molecule has 1 N–H and O–H groups in total. The van der Waals surface area contributed by atoms with Gasteiger partial charge in [0.25, 0.3) is 0 Å². The maximum atomic E-state index is 6.38. The lowest BCUT2D eigenvalue weighted by molar-refractivity contribution is -0.0861. The van der Waals surface area contributed by atoms with Crippen LogP contribution >= 0.6 is 0 Å². The minimum Gasteiger partial charge on any atom is -0.373 e. The highest BCUT2D eigenvalue weighted by Gasteiger charge is 2.35. The molecule has 2 rings (SSSR count). The lowest BCUT2D eigenvalue weighted by atomic mass is 9.79. The Bertz CT molecular complexity index is 215. The molecule has 2 fully saturated rings.